The number of nitrogens with zero attached hydrogens (tertiary/aromatic N) is 3. The summed E-state index contributed by atoms with van der Waals surface area (Å²) in [5.74, 6) is -2.69. The zero-order valence-corrected chi connectivity index (χ0v) is 22.4. The number of hydrogen-bond donors (Lipinski definition) is 2. The number of hydrogen-bond acceptors (Lipinski definition) is 6. The molecule has 2 heterocycles. The molecule has 3 rings (SSSR count). The highest BCUT2D eigenvalue weighted by Crippen LogP contribution is 2.19. The van der Waals surface area contributed by atoms with Gasteiger partial charge in [-0.3, -0.25) is 14.7 Å². The van der Waals surface area contributed by atoms with Crippen LogP contribution in [0.1, 0.15) is 41.4 Å². The Bertz CT molecular complexity index is 1090. The number of aromatic nitrogens is 1. The number of ether oxygens (including phenoxy) is 1. The van der Waals surface area contributed by atoms with Crippen molar-refractivity contribution in [2.45, 2.75) is 39.1 Å². The third kappa shape index (κ3) is 11.7. The molecular formula is C27H34F4N4O5. The van der Waals surface area contributed by atoms with E-state index in [-0.39, 0.29) is 17.6 Å². The summed E-state index contributed by atoms with van der Waals surface area (Å²) in [7, 11) is 1.81. The number of pyridine rings is 1. The fraction of sp³-hybridized carbons (Fsp3) is 0.481. The smallest absolute Gasteiger partial charge is 0.475 e. The van der Waals surface area contributed by atoms with Gasteiger partial charge in [-0.1, -0.05) is 6.07 Å². The fourth-order valence-electron chi connectivity index (χ4n) is 3.89. The van der Waals surface area contributed by atoms with Crippen molar-refractivity contribution in [2.24, 2.45) is 5.92 Å². The van der Waals surface area contributed by atoms with Crippen LogP contribution in [0.15, 0.2) is 42.6 Å². The first-order valence-corrected chi connectivity index (χ1v) is 12.7. The van der Waals surface area contributed by atoms with Crippen LogP contribution in [0, 0.1) is 11.7 Å². The van der Waals surface area contributed by atoms with E-state index in [2.05, 4.69) is 15.2 Å². The van der Waals surface area contributed by atoms with Crippen LogP contribution in [0.5, 0.6) is 0 Å². The largest absolute Gasteiger partial charge is 0.490 e. The number of piperidine rings is 1. The van der Waals surface area contributed by atoms with Gasteiger partial charge in [-0.05, 0) is 74.7 Å². The van der Waals surface area contributed by atoms with Gasteiger partial charge in [-0.25, -0.2) is 14.0 Å². The van der Waals surface area contributed by atoms with Gasteiger partial charge in [-0.15, -0.1) is 0 Å². The molecule has 1 aliphatic heterocycles. The zero-order chi connectivity index (χ0) is 29.7. The topological polar surface area (TPSA) is 112 Å². The minimum Gasteiger partial charge on any atom is -0.475 e. The van der Waals surface area contributed by atoms with E-state index in [1.54, 1.807) is 11.1 Å². The monoisotopic (exact) mass is 570 g/mol. The molecule has 0 radical (unpaired) electrons. The number of urea groups is 1. The SMILES string of the molecule is CCOCc1ccc(CNC(=O)N(C)CC2CCN(CC(=O)c3ccc(F)cc3)CC2)cn1.O=C(O)C(F)(F)F. The van der Waals surface area contributed by atoms with Crippen molar-refractivity contribution in [1.82, 2.24) is 20.1 Å². The number of carboxylic acid groups (broad SMARTS) is 1. The van der Waals surface area contributed by atoms with Crippen molar-refractivity contribution in [3.63, 3.8) is 0 Å². The molecule has 40 heavy (non-hydrogen) atoms. The van der Waals surface area contributed by atoms with E-state index < -0.39 is 12.1 Å². The lowest BCUT2D eigenvalue weighted by atomic mass is 9.96. The van der Waals surface area contributed by atoms with Crippen LogP contribution in [0.25, 0.3) is 0 Å². The number of halogens is 4. The number of carbonyl (C=O) groups excluding carboxylic acids is 2. The highest BCUT2D eigenvalue weighted by molar-refractivity contribution is 5.97. The van der Waals surface area contributed by atoms with Crippen LogP contribution in [0.4, 0.5) is 22.4 Å². The molecule has 1 aromatic carbocycles. The molecule has 2 N–H and O–H groups in total. The Labute approximate surface area is 230 Å². The summed E-state index contributed by atoms with van der Waals surface area (Å²) in [6, 6.07) is 9.44. The Morgan fingerprint density at radius 1 is 1.12 bits per heavy atom. The number of aliphatic carboxylic acids is 1. The number of carbonyl (C=O) groups is 3. The first-order valence-electron chi connectivity index (χ1n) is 12.7. The van der Waals surface area contributed by atoms with Crippen LogP contribution >= 0.6 is 0 Å². The molecule has 0 aliphatic carbocycles. The van der Waals surface area contributed by atoms with E-state index >= 15 is 0 Å². The van der Waals surface area contributed by atoms with Crippen molar-refractivity contribution in [3.8, 4) is 0 Å². The molecule has 9 nitrogen and oxygen atoms in total. The van der Waals surface area contributed by atoms with Gasteiger partial charge >= 0.3 is 18.2 Å². The maximum atomic E-state index is 13.0. The molecule has 1 fully saturated rings. The van der Waals surface area contributed by atoms with Crippen molar-refractivity contribution in [2.75, 3.05) is 39.8 Å². The van der Waals surface area contributed by atoms with Crippen molar-refractivity contribution in [1.29, 1.82) is 0 Å². The van der Waals surface area contributed by atoms with Gasteiger partial charge in [0.2, 0.25) is 0 Å². The van der Waals surface area contributed by atoms with Crippen LogP contribution in [-0.4, -0.2) is 83.7 Å². The minimum absolute atomic E-state index is 0.00496. The average Bonchev–Trinajstić information content (AvgIpc) is 2.92. The molecule has 1 aromatic heterocycles. The number of nitrogens with one attached hydrogen (secondary N) is 1. The van der Waals surface area contributed by atoms with Gasteiger partial charge in [-0.2, -0.15) is 13.2 Å². The average molecular weight is 571 g/mol. The van der Waals surface area contributed by atoms with Crippen molar-refractivity contribution < 1.29 is 41.8 Å². The molecular weight excluding hydrogens is 536 g/mol. The highest BCUT2D eigenvalue weighted by Gasteiger charge is 2.38. The number of carboxylic acids is 1. The van der Waals surface area contributed by atoms with Crippen molar-refractivity contribution in [3.05, 3.63) is 65.2 Å². The Hall–Kier alpha value is -3.58. The summed E-state index contributed by atoms with van der Waals surface area (Å²) in [6.45, 7) is 6.16. The predicted octanol–water partition coefficient (Wildman–Crippen LogP) is 4.13. The standard InChI is InChI=1S/C25H33FN4O3.C2HF3O2/c1-3-33-18-23-9-4-20(14-27-23)15-28-25(32)29(2)16-19-10-12-30(13-11-19)17-24(31)21-5-7-22(26)8-6-21;3-2(4,5)1(6)7/h4-9,14,19H,3,10-13,15-18H2,1-2H3,(H,28,32);(H,6,7). The van der Waals surface area contributed by atoms with Gasteiger partial charge < -0.3 is 20.1 Å². The second-order valence-corrected chi connectivity index (χ2v) is 9.29. The molecule has 2 aromatic rings. The maximum Gasteiger partial charge on any atom is 0.490 e. The van der Waals surface area contributed by atoms with Gasteiger partial charge in [0.15, 0.2) is 5.78 Å². The quantitative estimate of drug-likeness (QED) is 0.326. The third-order valence-corrected chi connectivity index (χ3v) is 6.15. The van der Waals surface area contributed by atoms with Gasteiger partial charge in [0, 0.05) is 38.5 Å². The first kappa shape index (κ1) is 32.6. The van der Waals surface area contributed by atoms with Gasteiger partial charge in [0.25, 0.3) is 0 Å². The first-order chi connectivity index (χ1) is 18.9. The third-order valence-electron chi connectivity index (χ3n) is 6.15. The maximum absolute atomic E-state index is 13.0. The Morgan fingerprint density at radius 2 is 1.75 bits per heavy atom. The van der Waals surface area contributed by atoms with E-state index in [1.807, 2.05) is 26.1 Å². The van der Waals surface area contributed by atoms with Crippen LogP contribution in [-0.2, 0) is 22.7 Å². The normalized spacial score (nSPS) is 14.2. The van der Waals surface area contributed by atoms with E-state index in [9.17, 15) is 27.2 Å². The fourth-order valence-corrected chi connectivity index (χ4v) is 3.89. The molecule has 1 aliphatic rings. The number of benzene rings is 1. The lowest BCUT2D eigenvalue weighted by Gasteiger charge is -2.33. The Balaban J connectivity index is 0.000000708. The molecule has 0 atom stereocenters. The summed E-state index contributed by atoms with van der Waals surface area (Å²) in [5, 5.41) is 10.1. The predicted molar refractivity (Wildman–Crippen MR) is 138 cm³/mol. The van der Waals surface area contributed by atoms with E-state index in [1.165, 1.54) is 24.3 Å². The molecule has 0 saturated carbocycles. The van der Waals surface area contributed by atoms with Crippen molar-refractivity contribution >= 4 is 17.8 Å². The number of amides is 2. The lowest BCUT2D eigenvalue weighted by Crippen LogP contribution is -2.43. The Kier molecular flexibility index (Phi) is 12.9. The van der Waals surface area contributed by atoms with Gasteiger partial charge in [0.05, 0.1) is 18.8 Å². The summed E-state index contributed by atoms with van der Waals surface area (Å²) in [6.07, 6.45) is -1.46. The zero-order valence-electron chi connectivity index (χ0n) is 22.4. The van der Waals surface area contributed by atoms with Crippen LogP contribution < -0.4 is 5.32 Å². The van der Waals surface area contributed by atoms with Crippen LogP contribution in [0.3, 0.4) is 0 Å². The molecule has 0 spiro atoms. The number of likely N-dealkylation sites (tertiary alicyclic amines) is 1. The Morgan fingerprint density at radius 3 is 2.27 bits per heavy atom. The molecule has 0 bridgehead atoms. The summed E-state index contributed by atoms with van der Waals surface area (Å²) < 4.78 is 50.1. The molecule has 1 saturated heterocycles. The highest BCUT2D eigenvalue weighted by atomic mass is 19.4. The lowest BCUT2D eigenvalue weighted by molar-refractivity contribution is -0.192. The second-order valence-electron chi connectivity index (χ2n) is 9.29. The number of alkyl halides is 3. The molecule has 2 amide bonds. The number of Topliss-reactive ketones (excluding diaryl/α,β-unsaturated/α-hetero) is 1. The number of rotatable bonds is 10. The van der Waals surface area contributed by atoms with Gasteiger partial charge in [0.1, 0.15) is 5.82 Å². The van der Waals surface area contributed by atoms with E-state index in [0.29, 0.717) is 44.3 Å². The molecule has 0 unspecified atom stereocenters. The number of ketones is 1. The molecule has 220 valence electrons. The molecule has 13 heteroatoms. The minimum atomic E-state index is -5.08. The second kappa shape index (κ2) is 15.9. The van der Waals surface area contributed by atoms with E-state index in [0.717, 1.165) is 37.2 Å². The van der Waals surface area contributed by atoms with Crippen LogP contribution in [0.2, 0.25) is 0 Å². The summed E-state index contributed by atoms with van der Waals surface area (Å²) >= 11 is 0. The summed E-state index contributed by atoms with van der Waals surface area (Å²) in [4.78, 5) is 42.0. The van der Waals surface area contributed by atoms with E-state index in [4.69, 9.17) is 14.6 Å². The summed E-state index contributed by atoms with van der Waals surface area (Å²) in [5.41, 5.74) is 2.35.